The van der Waals surface area contributed by atoms with Crippen LogP contribution in [0.3, 0.4) is 0 Å². The number of alkyl halides is 6. The van der Waals surface area contributed by atoms with Crippen molar-refractivity contribution in [2.45, 2.75) is 19.3 Å². The van der Waals surface area contributed by atoms with Crippen molar-refractivity contribution >= 4 is 17.5 Å². The second-order valence-corrected chi connectivity index (χ2v) is 4.39. The molecule has 0 aliphatic heterocycles. The summed E-state index contributed by atoms with van der Waals surface area (Å²) in [6, 6.07) is 0.156. The third kappa shape index (κ3) is 5.00. The zero-order valence-corrected chi connectivity index (χ0v) is 11.9. The number of carbonyl (C=O) groups is 2. The molecule has 0 bridgehead atoms. The van der Waals surface area contributed by atoms with Gasteiger partial charge in [-0.1, -0.05) is 5.76 Å². The number of benzene rings is 1. The first-order valence-electron chi connectivity index (χ1n) is 6.26. The number of ether oxygens (including phenoxy) is 1. The van der Waals surface area contributed by atoms with E-state index in [1.165, 1.54) is 6.92 Å². The fourth-order valence-corrected chi connectivity index (χ4v) is 1.56. The van der Waals surface area contributed by atoms with Crippen LogP contribution in [0.2, 0.25) is 0 Å². The number of rotatable bonds is 4. The lowest BCUT2D eigenvalue weighted by molar-refractivity contribution is -0.244. The maximum Gasteiger partial charge on any atom is 0.416 e. The zero-order chi connectivity index (χ0) is 18.7. The van der Waals surface area contributed by atoms with Crippen LogP contribution in [0.5, 0.6) is 0 Å². The minimum Gasteiger partial charge on any atom is -0.872 e. The first-order valence-corrected chi connectivity index (χ1v) is 6.26. The van der Waals surface area contributed by atoms with Crippen molar-refractivity contribution in [1.29, 1.82) is 0 Å². The van der Waals surface area contributed by atoms with Gasteiger partial charge in [0.15, 0.2) is 0 Å². The average molecular weight is 355 g/mol. The normalized spacial score (nSPS) is 12.9. The van der Waals surface area contributed by atoms with Crippen LogP contribution in [0.1, 0.15) is 23.6 Å². The Balaban J connectivity index is 3.37. The van der Waals surface area contributed by atoms with E-state index in [-0.39, 0.29) is 30.9 Å². The largest absolute Gasteiger partial charge is 0.872 e. The highest BCUT2D eigenvalue weighted by Gasteiger charge is 2.36. The van der Waals surface area contributed by atoms with Gasteiger partial charge >= 0.3 is 18.3 Å². The molecule has 1 aromatic rings. The molecule has 4 nitrogen and oxygen atoms in total. The smallest absolute Gasteiger partial charge is 0.416 e. The lowest BCUT2D eigenvalue weighted by atomic mass is 10.0. The Morgan fingerprint density at radius 2 is 1.50 bits per heavy atom. The van der Waals surface area contributed by atoms with Crippen molar-refractivity contribution in [2.24, 2.45) is 0 Å². The number of halogens is 6. The summed E-state index contributed by atoms with van der Waals surface area (Å²) in [6.45, 7) is 1.16. The summed E-state index contributed by atoms with van der Waals surface area (Å²) in [5, 5.41) is 11.7. The van der Waals surface area contributed by atoms with Gasteiger partial charge in [0.25, 0.3) is 5.78 Å². The van der Waals surface area contributed by atoms with Crippen LogP contribution in [0.25, 0.3) is 5.76 Å². The Morgan fingerprint density at radius 1 is 1.04 bits per heavy atom. The summed E-state index contributed by atoms with van der Waals surface area (Å²) in [7, 11) is 0. The molecule has 1 rings (SSSR count). The predicted octanol–water partition coefficient (Wildman–Crippen LogP) is 2.56. The van der Waals surface area contributed by atoms with Crippen LogP contribution in [0.4, 0.5) is 26.3 Å². The summed E-state index contributed by atoms with van der Waals surface area (Å²) < 4.78 is 80.2. The van der Waals surface area contributed by atoms with Crippen molar-refractivity contribution in [3.8, 4) is 0 Å². The predicted molar refractivity (Wildman–Crippen MR) is 66.1 cm³/mol. The van der Waals surface area contributed by atoms with E-state index in [1.54, 1.807) is 0 Å². The molecular formula is C14H9F6O4-. The van der Waals surface area contributed by atoms with E-state index in [4.69, 9.17) is 0 Å². The summed E-state index contributed by atoms with van der Waals surface area (Å²) in [5.41, 5.74) is -4.45. The third-order valence-corrected chi connectivity index (χ3v) is 2.61. The molecule has 0 aromatic heterocycles. The molecule has 0 spiro atoms. The SMILES string of the molecule is CCOC(=O)C(=O)C=C([O-])c1cc(C(F)(F)F)cc(C(F)(F)F)c1. The number of hydrogen-bond acceptors (Lipinski definition) is 4. The fourth-order valence-electron chi connectivity index (χ4n) is 1.56. The van der Waals surface area contributed by atoms with Gasteiger partial charge in [0.05, 0.1) is 17.7 Å². The van der Waals surface area contributed by atoms with E-state index < -0.39 is 46.6 Å². The molecule has 132 valence electrons. The maximum atomic E-state index is 12.7. The quantitative estimate of drug-likeness (QED) is 0.274. The van der Waals surface area contributed by atoms with E-state index in [0.717, 1.165) is 0 Å². The summed E-state index contributed by atoms with van der Waals surface area (Å²) in [4.78, 5) is 22.3. The Morgan fingerprint density at radius 3 is 1.88 bits per heavy atom. The van der Waals surface area contributed by atoms with E-state index in [1.807, 2.05) is 0 Å². The second kappa shape index (κ2) is 6.93. The van der Waals surface area contributed by atoms with Crippen LogP contribution >= 0.6 is 0 Å². The molecule has 0 saturated carbocycles. The molecule has 0 aliphatic rings. The highest BCUT2D eigenvalue weighted by atomic mass is 19.4. The van der Waals surface area contributed by atoms with Crippen LogP contribution in [0, 0.1) is 0 Å². The Kier molecular flexibility index (Phi) is 5.64. The summed E-state index contributed by atoms with van der Waals surface area (Å²) in [6.07, 6.45) is -10.2. The lowest BCUT2D eigenvalue weighted by Crippen LogP contribution is -2.18. The van der Waals surface area contributed by atoms with Gasteiger partial charge in [-0.25, -0.2) is 4.79 Å². The van der Waals surface area contributed by atoms with Crippen LogP contribution in [0.15, 0.2) is 24.3 Å². The van der Waals surface area contributed by atoms with Crippen LogP contribution in [-0.4, -0.2) is 18.4 Å². The van der Waals surface area contributed by atoms with E-state index in [2.05, 4.69) is 4.74 Å². The molecule has 0 atom stereocenters. The molecule has 0 fully saturated rings. The standard InChI is InChI=1S/C14H10F6O4/c1-2-24-12(23)11(22)6-10(21)7-3-8(13(15,16)17)5-9(4-7)14(18,19)20/h3-6,21H,2H2,1H3/p-1. The topological polar surface area (TPSA) is 66.4 Å². The minimum atomic E-state index is -5.14. The fraction of sp³-hybridized carbons (Fsp3) is 0.286. The maximum absolute atomic E-state index is 12.7. The van der Waals surface area contributed by atoms with Crippen molar-refractivity contribution in [3.63, 3.8) is 0 Å². The molecule has 24 heavy (non-hydrogen) atoms. The molecule has 0 heterocycles. The highest BCUT2D eigenvalue weighted by Crippen LogP contribution is 2.37. The van der Waals surface area contributed by atoms with Gasteiger partial charge in [0, 0.05) is 0 Å². The molecule has 1 aromatic carbocycles. The van der Waals surface area contributed by atoms with Gasteiger partial charge in [-0.15, -0.1) is 0 Å². The van der Waals surface area contributed by atoms with E-state index in [0.29, 0.717) is 0 Å². The van der Waals surface area contributed by atoms with E-state index in [9.17, 15) is 41.0 Å². The van der Waals surface area contributed by atoms with Crippen molar-refractivity contribution in [2.75, 3.05) is 6.61 Å². The minimum absolute atomic E-state index is 0.0770. The van der Waals surface area contributed by atoms with Crippen LogP contribution < -0.4 is 5.11 Å². The Bertz CT molecular complexity index is 641. The molecule has 0 unspecified atom stereocenters. The third-order valence-electron chi connectivity index (χ3n) is 2.61. The van der Waals surface area contributed by atoms with Crippen molar-refractivity contribution < 1.29 is 45.8 Å². The van der Waals surface area contributed by atoms with Gasteiger partial charge < -0.3 is 9.84 Å². The van der Waals surface area contributed by atoms with Gasteiger partial charge in [-0.2, -0.15) is 26.3 Å². The molecule has 10 heteroatoms. The average Bonchev–Trinajstić information content (AvgIpc) is 2.45. The van der Waals surface area contributed by atoms with E-state index >= 15 is 0 Å². The highest BCUT2D eigenvalue weighted by molar-refractivity contribution is 6.39. The van der Waals surface area contributed by atoms with Crippen molar-refractivity contribution in [3.05, 3.63) is 41.0 Å². The first-order chi connectivity index (χ1) is 10.9. The van der Waals surface area contributed by atoms with Gasteiger partial charge in [0.2, 0.25) is 0 Å². The molecule has 0 radical (unpaired) electrons. The molecule has 0 N–H and O–H groups in total. The number of hydrogen-bond donors (Lipinski definition) is 0. The first kappa shape index (κ1) is 19.5. The van der Waals surface area contributed by atoms with Crippen molar-refractivity contribution in [1.82, 2.24) is 0 Å². The van der Waals surface area contributed by atoms with Gasteiger partial charge in [-0.05, 0) is 36.8 Å². The Hall–Kier alpha value is -2.52. The lowest BCUT2D eigenvalue weighted by Gasteiger charge is -2.18. The monoisotopic (exact) mass is 355 g/mol. The zero-order valence-electron chi connectivity index (χ0n) is 11.9. The van der Waals surface area contributed by atoms with Gasteiger partial charge in [-0.3, -0.25) is 4.79 Å². The van der Waals surface area contributed by atoms with Gasteiger partial charge in [0.1, 0.15) is 0 Å². The Labute approximate surface area is 131 Å². The number of carbonyl (C=O) groups excluding carboxylic acids is 2. The molecule has 0 amide bonds. The second-order valence-electron chi connectivity index (χ2n) is 4.39. The molecular weight excluding hydrogens is 346 g/mol. The summed E-state index contributed by atoms with van der Waals surface area (Å²) >= 11 is 0. The molecule has 0 aliphatic carbocycles. The number of ketones is 1. The van der Waals surface area contributed by atoms with Crippen LogP contribution in [-0.2, 0) is 26.7 Å². The summed E-state index contributed by atoms with van der Waals surface area (Å²) in [5.74, 6) is -4.42. The number of esters is 1. The molecule has 0 saturated heterocycles.